The summed E-state index contributed by atoms with van der Waals surface area (Å²) < 4.78 is 6.21. The molecule has 0 saturated carbocycles. The van der Waals surface area contributed by atoms with E-state index in [-0.39, 0.29) is 0 Å². The summed E-state index contributed by atoms with van der Waals surface area (Å²) in [6.07, 6.45) is 1.53. The summed E-state index contributed by atoms with van der Waals surface area (Å²) in [4.78, 5) is 8.51. The number of aryl methyl sites for hydroxylation is 1. The van der Waals surface area contributed by atoms with Gasteiger partial charge in [0.2, 0.25) is 0 Å². The molecule has 0 fully saturated rings. The zero-order valence-corrected chi connectivity index (χ0v) is 15.0. The Balaban J connectivity index is 1.74. The van der Waals surface area contributed by atoms with Crippen molar-refractivity contribution in [3.63, 3.8) is 0 Å². The Bertz CT molecular complexity index is 837. The van der Waals surface area contributed by atoms with Crippen LogP contribution in [0, 0.1) is 6.92 Å². The first-order chi connectivity index (χ1) is 11.6. The summed E-state index contributed by atoms with van der Waals surface area (Å²) in [6.45, 7) is 2.05. The number of hydrogen-bond donors (Lipinski definition) is 2. The molecule has 2 N–H and O–H groups in total. The average Bonchev–Trinajstić information content (AvgIpc) is 2.59. The molecule has 0 atom stereocenters. The Kier molecular flexibility index (Phi) is 4.96. The third kappa shape index (κ3) is 4.02. The van der Waals surface area contributed by atoms with Crippen molar-refractivity contribution < 1.29 is 4.74 Å². The van der Waals surface area contributed by atoms with Crippen molar-refractivity contribution in [1.82, 2.24) is 9.97 Å². The molecular weight excluding hydrogens is 368 g/mol. The molecule has 0 bridgehead atoms. The van der Waals surface area contributed by atoms with Crippen molar-refractivity contribution in [2.45, 2.75) is 6.92 Å². The predicted molar refractivity (Wildman–Crippen MR) is 100 cm³/mol. The number of nitrogens with one attached hydrogen (secondary N) is 2. The average molecular weight is 385 g/mol. The van der Waals surface area contributed by atoms with Crippen LogP contribution in [0.15, 0.2) is 59.3 Å². The van der Waals surface area contributed by atoms with Gasteiger partial charge in [-0.25, -0.2) is 9.97 Å². The van der Waals surface area contributed by atoms with Crippen LogP contribution in [0.4, 0.5) is 23.0 Å². The van der Waals surface area contributed by atoms with Crippen molar-refractivity contribution in [2.24, 2.45) is 0 Å². The first-order valence-electron chi connectivity index (χ1n) is 7.40. The molecule has 1 aromatic heterocycles. The van der Waals surface area contributed by atoms with Gasteiger partial charge in [-0.1, -0.05) is 22.0 Å². The van der Waals surface area contributed by atoms with E-state index in [9.17, 15) is 0 Å². The standard InChI is InChI=1S/C18H17BrN4O/c1-12-3-4-14(9-16(12)19)23-18-10-17(20-11-21-18)22-13-5-7-15(24-2)8-6-13/h3-11H,1-2H3,(H2,20,21,22,23). The van der Waals surface area contributed by atoms with E-state index in [2.05, 4.69) is 43.5 Å². The molecule has 3 rings (SSSR count). The zero-order chi connectivity index (χ0) is 16.9. The Morgan fingerprint density at radius 1 is 0.875 bits per heavy atom. The minimum atomic E-state index is 0.712. The van der Waals surface area contributed by atoms with Gasteiger partial charge in [0.05, 0.1) is 7.11 Å². The molecule has 0 aliphatic rings. The van der Waals surface area contributed by atoms with Crippen LogP contribution < -0.4 is 15.4 Å². The highest BCUT2D eigenvalue weighted by Gasteiger charge is 2.02. The van der Waals surface area contributed by atoms with E-state index in [1.165, 1.54) is 11.9 Å². The van der Waals surface area contributed by atoms with Gasteiger partial charge in [-0.15, -0.1) is 0 Å². The molecule has 2 aromatic carbocycles. The SMILES string of the molecule is COc1ccc(Nc2cc(Nc3ccc(C)c(Br)c3)ncn2)cc1. The second-order valence-corrected chi connectivity index (χ2v) is 6.09. The van der Waals surface area contributed by atoms with E-state index in [4.69, 9.17) is 4.74 Å². The van der Waals surface area contributed by atoms with Gasteiger partial charge in [-0.05, 0) is 48.9 Å². The summed E-state index contributed by atoms with van der Waals surface area (Å²) in [5.74, 6) is 2.25. The molecule has 0 saturated heterocycles. The van der Waals surface area contributed by atoms with Gasteiger partial charge in [-0.3, -0.25) is 0 Å². The van der Waals surface area contributed by atoms with Crippen LogP contribution in [0.3, 0.4) is 0 Å². The van der Waals surface area contributed by atoms with Gasteiger partial charge < -0.3 is 15.4 Å². The van der Waals surface area contributed by atoms with Crippen LogP contribution >= 0.6 is 15.9 Å². The molecule has 0 radical (unpaired) electrons. The topological polar surface area (TPSA) is 59.1 Å². The second-order valence-electron chi connectivity index (χ2n) is 5.23. The number of aromatic nitrogens is 2. The number of halogens is 1. The monoisotopic (exact) mass is 384 g/mol. The van der Waals surface area contributed by atoms with Gasteiger partial charge >= 0.3 is 0 Å². The Hall–Kier alpha value is -2.60. The largest absolute Gasteiger partial charge is 0.497 e. The van der Waals surface area contributed by atoms with E-state index in [0.29, 0.717) is 5.82 Å². The fraction of sp³-hybridized carbons (Fsp3) is 0.111. The zero-order valence-electron chi connectivity index (χ0n) is 13.4. The molecule has 3 aromatic rings. The van der Waals surface area contributed by atoms with Gasteiger partial charge in [0.25, 0.3) is 0 Å². The van der Waals surface area contributed by atoms with Crippen LogP contribution in [-0.2, 0) is 0 Å². The lowest BCUT2D eigenvalue weighted by Crippen LogP contribution is -1.98. The highest BCUT2D eigenvalue weighted by atomic mass is 79.9. The lowest BCUT2D eigenvalue weighted by Gasteiger charge is -2.10. The summed E-state index contributed by atoms with van der Waals surface area (Å²) in [5.41, 5.74) is 3.07. The van der Waals surface area contributed by atoms with Crippen molar-refractivity contribution in [2.75, 3.05) is 17.7 Å². The van der Waals surface area contributed by atoms with Crippen LogP contribution in [0.5, 0.6) is 5.75 Å². The van der Waals surface area contributed by atoms with E-state index < -0.39 is 0 Å². The van der Waals surface area contributed by atoms with Gasteiger partial charge in [-0.2, -0.15) is 0 Å². The molecule has 0 unspecified atom stereocenters. The Labute approximate surface area is 149 Å². The number of nitrogens with zero attached hydrogens (tertiary/aromatic N) is 2. The van der Waals surface area contributed by atoms with Crippen molar-refractivity contribution in [1.29, 1.82) is 0 Å². The molecule has 5 nitrogen and oxygen atoms in total. The first-order valence-corrected chi connectivity index (χ1v) is 8.19. The molecule has 1 heterocycles. The quantitative estimate of drug-likeness (QED) is 0.644. The maximum atomic E-state index is 5.16. The van der Waals surface area contributed by atoms with Crippen molar-refractivity contribution in [3.8, 4) is 5.75 Å². The van der Waals surface area contributed by atoms with Gasteiger partial charge in [0, 0.05) is 21.9 Å². The number of methoxy groups -OCH3 is 1. The third-order valence-electron chi connectivity index (χ3n) is 3.47. The predicted octanol–water partition coefficient (Wildman–Crippen LogP) is 5.04. The van der Waals surface area contributed by atoms with E-state index in [0.717, 1.165) is 27.4 Å². The fourth-order valence-electron chi connectivity index (χ4n) is 2.13. The second kappa shape index (κ2) is 7.31. The highest BCUT2D eigenvalue weighted by Crippen LogP contribution is 2.24. The summed E-state index contributed by atoms with van der Waals surface area (Å²) in [7, 11) is 1.65. The maximum absolute atomic E-state index is 5.16. The lowest BCUT2D eigenvalue weighted by molar-refractivity contribution is 0.415. The molecule has 0 amide bonds. The molecular formula is C18H17BrN4O. The van der Waals surface area contributed by atoms with Crippen LogP contribution in [0.2, 0.25) is 0 Å². The Morgan fingerprint density at radius 2 is 1.50 bits per heavy atom. The van der Waals surface area contributed by atoms with E-state index in [1.807, 2.05) is 48.5 Å². The van der Waals surface area contributed by atoms with Crippen molar-refractivity contribution >= 4 is 38.9 Å². The smallest absolute Gasteiger partial charge is 0.135 e. The normalized spacial score (nSPS) is 10.3. The molecule has 6 heteroatoms. The number of rotatable bonds is 5. The van der Waals surface area contributed by atoms with Crippen molar-refractivity contribution in [3.05, 3.63) is 64.9 Å². The van der Waals surface area contributed by atoms with E-state index in [1.54, 1.807) is 7.11 Å². The summed E-state index contributed by atoms with van der Waals surface area (Å²) in [6, 6.07) is 15.6. The fourth-order valence-corrected chi connectivity index (χ4v) is 2.51. The van der Waals surface area contributed by atoms with Crippen LogP contribution in [0.25, 0.3) is 0 Å². The number of hydrogen-bond acceptors (Lipinski definition) is 5. The molecule has 0 aliphatic carbocycles. The maximum Gasteiger partial charge on any atom is 0.135 e. The van der Waals surface area contributed by atoms with Gasteiger partial charge in [0.1, 0.15) is 23.7 Å². The molecule has 24 heavy (non-hydrogen) atoms. The summed E-state index contributed by atoms with van der Waals surface area (Å²) in [5, 5.41) is 6.52. The van der Waals surface area contributed by atoms with Gasteiger partial charge in [0.15, 0.2) is 0 Å². The minimum Gasteiger partial charge on any atom is -0.497 e. The number of ether oxygens (including phenoxy) is 1. The highest BCUT2D eigenvalue weighted by molar-refractivity contribution is 9.10. The summed E-state index contributed by atoms with van der Waals surface area (Å²) >= 11 is 3.53. The van der Waals surface area contributed by atoms with Crippen LogP contribution in [0.1, 0.15) is 5.56 Å². The number of anilines is 4. The third-order valence-corrected chi connectivity index (χ3v) is 4.33. The van der Waals surface area contributed by atoms with Crippen LogP contribution in [-0.4, -0.2) is 17.1 Å². The Morgan fingerprint density at radius 3 is 2.12 bits per heavy atom. The molecule has 0 aliphatic heterocycles. The number of benzene rings is 2. The van der Waals surface area contributed by atoms with E-state index >= 15 is 0 Å². The molecule has 0 spiro atoms. The lowest BCUT2D eigenvalue weighted by atomic mass is 10.2. The minimum absolute atomic E-state index is 0.712. The molecule has 122 valence electrons. The first kappa shape index (κ1) is 16.3.